The predicted molar refractivity (Wildman–Crippen MR) is 123 cm³/mol. The summed E-state index contributed by atoms with van der Waals surface area (Å²) in [4.78, 5) is 25.1. The molecule has 1 fully saturated rings. The van der Waals surface area contributed by atoms with Gasteiger partial charge in [-0.15, -0.1) is 0 Å². The lowest BCUT2D eigenvalue weighted by molar-refractivity contribution is 0.0949. The number of hydrogen-bond donors (Lipinski definition) is 2. The van der Waals surface area contributed by atoms with E-state index in [1.807, 2.05) is 48.5 Å². The summed E-state index contributed by atoms with van der Waals surface area (Å²) < 4.78 is 0. The number of H-pyrrole nitrogens is 1. The molecule has 1 amide bonds. The van der Waals surface area contributed by atoms with Crippen molar-refractivity contribution in [2.45, 2.75) is 17.3 Å². The van der Waals surface area contributed by atoms with Gasteiger partial charge in [-0.1, -0.05) is 36.0 Å². The molecule has 1 aliphatic heterocycles. The molecular weight excluding hydrogens is 394 g/mol. The van der Waals surface area contributed by atoms with Crippen LogP contribution in [0.5, 0.6) is 0 Å². The number of imidazole rings is 1. The maximum Gasteiger partial charge on any atom is 0.251 e. The fraction of sp³-hybridized carbons (Fsp3) is 0.391. The molecule has 0 radical (unpaired) electrons. The maximum atomic E-state index is 12.4. The Morgan fingerprint density at radius 3 is 2.63 bits per heavy atom. The van der Waals surface area contributed by atoms with Crippen molar-refractivity contribution in [2.75, 3.05) is 46.3 Å². The van der Waals surface area contributed by atoms with Gasteiger partial charge < -0.3 is 20.1 Å². The Morgan fingerprint density at radius 1 is 1.10 bits per heavy atom. The van der Waals surface area contributed by atoms with Gasteiger partial charge in [0, 0.05) is 44.0 Å². The summed E-state index contributed by atoms with van der Waals surface area (Å²) in [5, 5.41) is 3.96. The number of nitrogens with zero attached hydrogens (tertiary/aromatic N) is 3. The SMILES string of the molecule is CN1CCN(CCCNC(=O)c2ccc(CSc3nc4ccccc4[nH]3)cc2)CC1. The zero-order chi connectivity index (χ0) is 20.8. The molecule has 30 heavy (non-hydrogen) atoms. The highest BCUT2D eigenvalue weighted by Gasteiger charge is 2.13. The van der Waals surface area contributed by atoms with E-state index in [2.05, 4.69) is 32.1 Å². The third kappa shape index (κ3) is 5.62. The minimum absolute atomic E-state index is 0.00450. The Kier molecular flexibility index (Phi) is 7.04. The van der Waals surface area contributed by atoms with Gasteiger partial charge in [-0.25, -0.2) is 4.98 Å². The quantitative estimate of drug-likeness (QED) is 0.430. The van der Waals surface area contributed by atoms with Crippen LogP contribution in [0, 0.1) is 0 Å². The number of likely N-dealkylation sites (N-methyl/N-ethyl adjacent to an activating group) is 1. The van der Waals surface area contributed by atoms with Crippen LogP contribution in [0.15, 0.2) is 53.7 Å². The number of aromatic nitrogens is 2. The van der Waals surface area contributed by atoms with Crippen LogP contribution in [0.4, 0.5) is 0 Å². The van der Waals surface area contributed by atoms with Crippen molar-refractivity contribution in [3.8, 4) is 0 Å². The molecule has 2 heterocycles. The van der Waals surface area contributed by atoms with Crippen molar-refractivity contribution in [1.29, 1.82) is 0 Å². The molecule has 7 heteroatoms. The van der Waals surface area contributed by atoms with Crippen molar-refractivity contribution in [2.24, 2.45) is 0 Å². The molecule has 1 aliphatic rings. The molecule has 1 aromatic heterocycles. The molecule has 2 N–H and O–H groups in total. The van der Waals surface area contributed by atoms with Gasteiger partial charge in [-0.05, 0) is 49.8 Å². The fourth-order valence-corrected chi connectivity index (χ4v) is 4.42. The number of aromatic amines is 1. The number of fused-ring (bicyclic) bond motifs is 1. The molecular formula is C23H29N5OS. The number of piperazine rings is 1. The van der Waals surface area contributed by atoms with E-state index in [0.29, 0.717) is 5.56 Å². The van der Waals surface area contributed by atoms with Crippen LogP contribution in [-0.2, 0) is 5.75 Å². The first-order valence-electron chi connectivity index (χ1n) is 10.5. The van der Waals surface area contributed by atoms with Gasteiger partial charge in [0.1, 0.15) is 0 Å². The summed E-state index contributed by atoms with van der Waals surface area (Å²) in [6.45, 7) is 6.28. The van der Waals surface area contributed by atoms with Gasteiger partial charge in [0.05, 0.1) is 11.0 Å². The summed E-state index contributed by atoms with van der Waals surface area (Å²) in [6, 6.07) is 15.9. The Labute approximate surface area is 182 Å². The Bertz CT molecular complexity index is 930. The highest BCUT2D eigenvalue weighted by atomic mass is 32.2. The third-order valence-corrected chi connectivity index (χ3v) is 6.44. The van der Waals surface area contributed by atoms with Crippen molar-refractivity contribution in [3.05, 3.63) is 59.7 Å². The van der Waals surface area contributed by atoms with Gasteiger partial charge in [0.25, 0.3) is 5.91 Å². The van der Waals surface area contributed by atoms with Crippen molar-refractivity contribution >= 4 is 28.7 Å². The van der Waals surface area contributed by atoms with E-state index in [9.17, 15) is 4.79 Å². The van der Waals surface area contributed by atoms with E-state index in [0.717, 1.165) is 67.6 Å². The summed E-state index contributed by atoms with van der Waals surface area (Å²) >= 11 is 1.67. The van der Waals surface area contributed by atoms with Crippen molar-refractivity contribution in [3.63, 3.8) is 0 Å². The zero-order valence-electron chi connectivity index (χ0n) is 17.4. The summed E-state index contributed by atoms with van der Waals surface area (Å²) in [5.41, 5.74) is 3.93. The number of thioether (sulfide) groups is 1. The van der Waals surface area contributed by atoms with Crippen LogP contribution in [-0.4, -0.2) is 72.0 Å². The van der Waals surface area contributed by atoms with E-state index in [4.69, 9.17) is 0 Å². The number of hydrogen-bond acceptors (Lipinski definition) is 5. The molecule has 2 aromatic carbocycles. The first-order valence-corrected chi connectivity index (χ1v) is 11.5. The monoisotopic (exact) mass is 423 g/mol. The molecule has 0 unspecified atom stereocenters. The van der Waals surface area contributed by atoms with E-state index in [1.165, 1.54) is 5.56 Å². The van der Waals surface area contributed by atoms with Crippen LogP contribution >= 0.6 is 11.8 Å². The summed E-state index contributed by atoms with van der Waals surface area (Å²) in [7, 11) is 2.17. The number of para-hydroxylation sites is 2. The number of nitrogens with one attached hydrogen (secondary N) is 2. The van der Waals surface area contributed by atoms with Crippen LogP contribution in [0.3, 0.4) is 0 Å². The first-order chi connectivity index (χ1) is 14.7. The molecule has 0 aliphatic carbocycles. The molecule has 0 atom stereocenters. The predicted octanol–water partition coefficient (Wildman–Crippen LogP) is 3.22. The number of carbonyl (C=O) groups excluding carboxylic acids is 1. The van der Waals surface area contributed by atoms with Gasteiger partial charge >= 0.3 is 0 Å². The van der Waals surface area contributed by atoms with E-state index in [1.54, 1.807) is 11.8 Å². The molecule has 158 valence electrons. The Balaban J connectivity index is 1.19. The maximum absolute atomic E-state index is 12.4. The lowest BCUT2D eigenvalue weighted by Crippen LogP contribution is -2.45. The highest BCUT2D eigenvalue weighted by molar-refractivity contribution is 7.98. The molecule has 0 spiro atoms. The number of carbonyl (C=O) groups is 1. The third-order valence-electron chi connectivity index (χ3n) is 5.49. The van der Waals surface area contributed by atoms with Gasteiger partial charge in [0.2, 0.25) is 0 Å². The molecule has 0 bridgehead atoms. The first kappa shape index (κ1) is 20.9. The topological polar surface area (TPSA) is 64.3 Å². The lowest BCUT2D eigenvalue weighted by Gasteiger charge is -2.32. The minimum Gasteiger partial charge on any atom is -0.352 e. The molecule has 4 rings (SSSR count). The van der Waals surface area contributed by atoms with Crippen LogP contribution in [0.2, 0.25) is 0 Å². The molecule has 0 saturated carbocycles. The number of rotatable bonds is 8. The average molecular weight is 424 g/mol. The van der Waals surface area contributed by atoms with Gasteiger partial charge in [-0.2, -0.15) is 0 Å². The fourth-order valence-electron chi connectivity index (χ4n) is 3.58. The largest absolute Gasteiger partial charge is 0.352 e. The molecule has 1 saturated heterocycles. The molecule has 6 nitrogen and oxygen atoms in total. The summed E-state index contributed by atoms with van der Waals surface area (Å²) in [6.07, 6.45) is 0.988. The second kappa shape index (κ2) is 10.1. The van der Waals surface area contributed by atoms with Crippen LogP contribution in [0.1, 0.15) is 22.3 Å². The smallest absolute Gasteiger partial charge is 0.251 e. The van der Waals surface area contributed by atoms with Crippen molar-refractivity contribution in [1.82, 2.24) is 25.1 Å². The van der Waals surface area contributed by atoms with Crippen LogP contribution in [0.25, 0.3) is 11.0 Å². The van der Waals surface area contributed by atoms with Crippen LogP contribution < -0.4 is 5.32 Å². The second-order valence-electron chi connectivity index (χ2n) is 7.80. The van der Waals surface area contributed by atoms with Gasteiger partial charge in [-0.3, -0.25) is 4.79 Å². The highest BCUT2D eigenvalue weighted by Crippen LogP contribution is 2.23. The van der Waals surface area contributed by atoms with Gasteiger partial charge in [0.15, 0.2) is 5.16 Å². The average Bonchev–Trinajstić information content (AvgIpc) is 3.20. The number of benzene rings is 2. The molecule has 3 aromatic rings. The summed E-state index contributed by atoms with van der Waals surface area (Å²) in [5.74, 6) is 0.817. The Hall–Kier alpha value is -2.35. The second-order valence-corrected chi connectivity index (χ2v) is 8.76. The lowest BCUT2D eigenvalue weighted by atomic mass is 10.1. The minimum atomic E-state index is 0.00450. The zero-order valence-corrected chi connectivity index (χ0v) is 18.3. The van der Waals surface area contributed by atoms with E-state index >= 15 is 0 Å². The Morgan fingerprint density at radius 2 is 1.87 bits per heavy atom. The van der Waals surface area contributed by atoms with Crippen molar-refractivity contribution < 1.29 is 4.79 Å². The normalized spacial score (nSPS) is 15.5. The van der Waals surface area contributed by atoms with E-state index < -0.39 is 0 Å². The number of amides is 1. The van der Waals surface area contributed by atoms with E-state index in [-0.39, 0.29) is 5.91 Å². The standard InChI is InChI=1S/C23H29N5OS/c1-27-13-15-28(16-14-27)12-4-11-24-22(29)19-9-7-18(8-10-19)17-30-23-25-20-5-2-3-6-21(20)26-23/h2-3,5-10H,4,11-17H2,1H3,(H,24,29)(H,25,26).